The van der Waals surface area contributed by atoms with Crippen LogP contribution in [0.4, 0.5) is 0 Å². The number of pyridine rings is 1. The average Bonchev–Trinajstić information content (AvgIpc) is 2.64. The Kier molecular flexibility index (Phi) is 2.70. The van der Waals surface area contributed by atoms with Gasteiger partial charge in [-0.15, -0.1) is 0 Å². The topological polar surface area (TPSA) is 56.7 Å². The third-order valence-electron chi connectivity index (χ3n) is 2.20. The number of halogens is 1. The molecule has 4 nitrogen and oxygen atoms in total. The van der Waals surface area contributed by atoms with Crippen LogP contribution >= 0.6 is 11.6 Å². The summed E-state index contributed by atoms with van der Waals surface area (Å²) in [4.78, 5) is 4.28. The minimum Gasteiger partial charge on any atom is -0.326 e. The van der Waals surface area contributed by atoms with Crippen LogP contribution in [0.5, 0.6) is 0 Å². The van der Waals surface area contributed by atoms with E-state index in [2.05, 4.69) is 10.1 Å². The van der Waals surface area contributed by atoms with Crippen LogP contribution in [0.15, 0.2) is 24.5 Å². The van der Waals surface area contributed by atoms with E-state index in [4.69, 9.17) is 17.3 Å². The lowest BCUT2D eigenvalue weighted by Gasteiger charge is -2.05. The van der Waals surface area contributed by atoms with Crippen LogP contribution in [0.25, 0.3) is 11.4 Å². The normalized spacial score (nSPS) is 10.6. The van der Waals surface area contributed by atoms with Crippen LogP contribution in [0, 0.1) is 0 Å². The van der Waals surface area contributed by atoms with Crippen LogP contribution in [0.3, 0.4) is 0 Å². The summed E-state index contributed by atoms with van der Waals surface area (Å²) in [6.45, 7) is 0.443. The fourth-order valence-corrected chi connectivity index (χ4v) is 1.67. The monoisotopic (exact) mass is 222 g/mol. The van der Waals surface area contributed by atoms with Gasteiger partial charge in [-0.25, -0.2) is 0 Å². The van der Waals surface area contributed by atoms with Gasteiger partial charge in [-0.2, -0.15) is 5.10 Å². The Morgan fingerprint density at radius 3 is 2.87 bits per heavy atom. The van der Waals surface area contributed by atoms with E-state index in [1.54, 1.807) is 17.1 Å². The zero-order valence-electron chi connectivity index (χ0n) is 8.31. The Hall–Kier alpha value is -1.39. The minimum atomic E-state index is 0.443. The molecule has 0 aliphatic carbocycles. The number of hydrogen-bond acceptors (Lipinski definition) is 3. The molecule has 0 amide bonds. The predicted octanol–water partition coefficient (Wildman–Crippen LogP) is 1.59. The molecule has 78 valence electrons. The number of hydrogen-bond donors (Lipinski definition) is 1. The molecule has 0 radical (unpaired) electrons. The van der Waals surface area contributed by atoms with Crippen molar-refractivity contribution >= 4 is 11.6 Å². The van der Waals surface area contributed by atoms with Crippen molar-refractivity contribution in [3.8, 4) is 11.4 Å². The molecule has 0 bridgehead atoms. The first kappa shape index (κ1) is 10.1. The van der Waals surface area contributed by atoms with Gasteiger partial charge in [0.1, 0.15) is 5.69 Å². The van der Waals surface area contributed by atoms with E-state index < -0.39 is 0 Å². The second kappa shape index (κ2) is 4.00. The molecule has 0 aliphatic rings. The van der Waals surface area contributed by atoms with Crippen LogP contribution in [-0.2, 0) is 13.6 Å². The molecule has 0 saturated carbocycles. The molecule has 2 N–H and O–H groups in total. The second-order valence-electron chi connectivity index (χ2n) is 3.22. The van der Waals surface area contributed by atoms with E-state index >= 15 is 0 Å². The lowest BCUT2D eigenvalue weighted by Crippen LogP contribution is -2.00. The van der Waals surface area contributed by atoms with Crippen molar-refractivity contribution in [1.29, 1.82) is 0 Å². The maximum Gasteiger partial charge on any atom is 0.107 e. The van der Waals surface area contributed by atoms with Crippen LogP contribution in [-0.4, -0.2) is 14.8 Å². The lowest BCUT2D eigenvalue weighted by molar-refractivity contribution is 0.773. The van der Waals surface area contributed by atoms with Crippen molar-refractivity contribution in [3.05, 3.63) is 35.1 Å². The van der Waals surface area contributed by atoms with E-state index in [1.807, 2.05) is 19.2 Å². The summed E-state index contributed by atoms with van der Waals surface area (Å²) < 4.78 is 1.73. The van der Waals surface area contributed by atoms with Crippen LogP contribution in [0.1, 0.15) is 5.56 Å². The van der Waals surface area contributed by atoms with Crippen molar-refractivity contribution in [3.63, 3.8) is 0 Å². The Bertz CT molecular complexity index is 478. The van der Waals surface area contributed by atoms with E-state index in [-0.39, 0.29) is 0 Å². The molecule has 0 atom stereocenters. The standard InChI is InChI=1S/C10H11ClN4/c1-15-9(2-3-14-15)10-8(11)4-7(5-12)6-13-10/h2-4,6H,5,12H2,1H3. The summed E-state index contributed by atoms with van der Waals surface area (Å²) in [6.07, 6.45) is 3.44. The molecule has 0 fully saturated rings. The maximum absolute atomic E-state index is 6.11. The molecule has 2 aromatic heterocycles. The first-order valence-electron chi connectivity index (χ1n) is 4.55. The van der Waals surface area contributed by atoms with Gasteiger partial charge in [0, 0.05) is 26.0 Å². The summed E-state index contributed by atoms with van der Waals surface area (Å²) in [5, 5.41) is 4.67. The van der Waals surface area contributed by atoms with Gasteiger partial charge in [0.15, 0.2) is 0 Å². The summed E-state index contributed by atoms with van der Waals surface area (Å²) >= 11 is 6.11. The third kappa shape index (κ3) is 1.86. The largest absolute Gasteiger partial charge is 0.326 e. The average molecular weight is 223 g/mol. The van der Waals surface area contributed by atoms with Crippen molar-refractivity contribution in [2.75, 3.05) is 0 Å². The highest BCUT2D eigenvalue weighted by molar-refractivity contribution is 6.33. The van der Waals surface area contributed by atoms with E-state index in [0.717, 1.165) is 17.0 Å². The second-order valence-corrected chi connectivity index (χ2v) is 3.63. The van der Waals surface area contributed by atoms with Crippen molar-refractivity contribution in [2.24, 2.45) is 12.8 Å². The molecule has 5 heteroatoms. The molecule has 15 heavy (non-hydrogen) atoms. The van der Waals surface area contributed by atoms with Crippen LogP contribution < -0.4 is 5.73 Å². The molecule has 0 aliphatic heterocycles. The summed E-state index contributed by atoms with van der Waals surface area (Å²) in [5.74, 6) is 0. The maximum atomic E-state index is 6.11. The van der Waals surface area contributed by atoms with Crippen molar-refractivity contribution in [1.82, 2.24) is 14.8 Å². The van der Waals surface area contributed by atoms with E-state index in [1.165, 1.54) is 0 Å². The molecule has 2 aromatic rings. The van der Waals surface area contributed by atoms with E-state index in [0.29, 0.717) is 11.6 Å². The smallest absolute Gasteiger partial charge is 0.107 e. The minimum absolute atomic E-state index is 0.443. The highest BCUT2D eigenvalue weighted by Gasteiger charge is 2.09. The Morgan fingerprint density at radius 1 is 1.53 bits per heavy atom. The number of aryl methyl sites for hydroxylation is 1. The SMILES string of the molecule is Cn1nccc1-c1ncc(CN)cc1Cl. The number of nitrogens with zero attached hydrogens (tertiary/aromatic N) is 3. The lowest BCUT2D eigenvalue weighted by atomic mass is 10.2. The van der Waals surface area contributed by atoms with Gasteiger partial charge in [0.05, 0.1) is 10.7 Å². The quantitative estimate of drug-likeness (QED) is 0.840. The summed E-state index contributed by atoms with van der Waals surface area (Å²) in [6, 6.07) is 3.70. The predicted molar refractivity (Wildman–Crippen MR) is 59.3 cm³/mol. The molecule has 0 saturated heterocycles. The molecule has 2 rings (SSSR count). The number of rotatable bonds is 2. The highest BCUT2D eigenvalue weighted by Crippen LogP contribution is 2.25. The number of aromatic nitrogens is 3. The van der Waals surface area contributed by atoms with Gasteiger partial charge < -0.3 is 5.73 Å². The molecule has 0 spiro atoms. The highest BCUT2D eigenvalue weighted by atomic mass is 35.5. The summed E-state index contributed by atoms with van der Waals surface area (Å²) in [7, 11) is 1.85. The first-order valence-corrected chi connectivity index (χ1v) is 4.93. The molecule has 2 heterocycles. The third-order valence-corrected chi connectivity index (χ3v) is 2.49. The van der Waals surface area contributed by atoms with Gasteiger partial charge in [-0.3, -0.25) is 9.67 Å². The zero-order chi connectivity index (χ0) is 10.8. The van der Waals surface area contributed by atoms with Gasteiger partial charge >= 0.3 is 0 Å². The van der Waals surface area contributed by atoms with Gasteiger partial charge in [0.2, 0.25) is 0 Å². The zero-order valence-corrected chi connectivity index (χ0v) is 9.07. The van der Waals surface area contributed by atoms with Gasteiger partial charge in [0.25, 0.3) is 0 Å². The fraction of sp³-hybridized carbons (Fsp3) is 0.200. The molecular formula is C10H11ClN4. The Balaban J connectivity index is 2.50. The van der Waals surface area contributed by atoms with Crippen LogP contribution in [0.2, 0.25) is 5.02 Å². The fourth-order valence-electron chi connectivity index (χ4n) is 1.38. The Labute approximate surface area is 92.7 Å². The van der Waals surface area contributed by atoms with E-state index in [9.17, 15) is 0 Å². The Morgan fingerprint density at radius 2 is 2.33 bits per heavy atom. The molecule has 0 unspecified atom stereocenters. The van der Waals surface area contributed by atoms with Crippen molar-refractivity contribution < 1.29 is 0 Å². The first-order chi connectivity index (χ1) is 7.22. The van der Waals surface area contributed by atoms with Crippen molar-refractivity contribution in [2.45, 2.75) is 6.54 Å². The molecular weight excluding hydrogens is 212 g/mol. The molecule has 0 aromatic carbocycles. The summed E-state index contributed by atoms with van der Waals surface area (Å²) in [5.41, 5.74) is 8.05. The number of nitrogens with two attached hydrogens (primary N) is 1. The van der Waals surface area contributed by atoms with Gasteiger partial charge in [-0.1, -0.05) is 11.6 Å². The van der Waals surface area contributed by atoms with Gasteiger partial charge in [-0.05, 0) is 17.7 Å².